The summed E-state index contributed by atoms with van der Waals surface area (Å²) in [6, 6.07) is 4.85. The van der Waals surface area contributed by atoms with Crippen LogP contribution in [0.4, 0.5) is 4.39 Å². The second-order valence-electron chi connectivity index (χ2n) is 3.82. The molecule has 0 aliphatic heterocycles. The maximum atomic E-state index is 13.7. The summed E-state index contributed by atoms with van der Waals surface area (Å²) in [6.45, 7) is 1.41. The fourth-order valence-corrected chi connectivity index (χ4v) is 1.51. The fourth-order valence-electron chi connectivity index (χ4n) is 1.51. The lowest BCUT2D eigenvalue weighted by Crippen LogP contribution is -1.98. The van der Waals surface area contributed by atoms with Gasteiger partial charge in [-0.15, -0.1) is 0 Å². The van der Waals surface area contributed by atoms with E-state index in [2.05, 4.69) is 9.97 Å². The average Bonchev–Trinajstić information content (AvgIpc) is 2.44. The average molecular weight is 264 g/mol. The Hall–Kier alpha value is -2.21. The van der Waals surface area contributed by atoms with E-state index >= 15 is 0 Å². The highest BCUT2D eigenvalue weighted by Crippen LogP contribution is 2.32. The molecule has 0 bridgehead atoms. The first-order valence-corrected chi connectivity index (χ1v) is 5.58. The first kappa shape index (κ1) is 13.2. The molecule has 1 aromatic carbocycles. The van der Waals surface area contributed by atoms with Crippen LogP contribution in [0.5, 0.6) is 17.4 Å². The quantitative estimate of drug-likeness (QED) is 0.917. The third kappa shape index (κ3) is 2.79. The molecule has 6 heteroatoms. The molecular weight excluding hydrogens is 251 g/mol. The largest absolute Gasteiger partial charge is 0.493 e. The number of hydrogen-bond donors (Lipinski definition) is 1. The van der Waals surface area contributed by atoms with E-state index in [9.17, 15) is 4.39 Å². The zero-order valence-corrected chi connectivity index (χ0v) is 10.6. The molecule has 1 heterocycles. The van der Waals surface area contributed by atoms with E-state index in [1.165, 1.54) is 20.4 Å². The zero-order chi connectivity index (χ0) is 13.8. The van der Waals surface area contributed by atoms with Gasteiger partial charge in [-0.25, -0.2) is 4.98 Å². The standard InChI is InChI=1S/C13H13FN2O3/c1-8-12(14)13(16-7-15-8)19-10-4-3-9(6-17)5-11(10)18-2/h3-5,7,17H,6H2,1-2H3. The van der Waals surface area contributed by atoms with Crippen LogP contribution < -0.4 is 9.47 Å². The molecule has 2 rings (SSSR count). The van der Waals surface area contributed by atoms with E-state index in [-0.39, 0.29) is 18.2 Å². The molecule has 0 radical (unpaired) electrons. The Labute approximate surface area is 109 Å². The van der Waals surface area contributed by atoms with Crippen LogP contribution in [0, 0.1) is 12.7 Å². The molecule has 0 spiro atoms. The number of nitrogens with zero attached hydrogens (tertiary/aromatic N) is 2. The van der Waals surface area contributed by atoms with Crippen molar-refractivity contribution in [3.8, 4) is 17.4 Å². The van der Waals surface area contributed by atoms with Gasteiger partial charge in [0.25, 0.3) is 5.88 Å². The van der Waals surface area contributed by atoms with Gasteiger partial charge in [0.15, 0.2) is 11.5 Å². The number of aryl methyl sites for hydroxylation is 1. The third-order valence-electron chi connectivity index (χ3n) is 2.55. The van der Waals surface area contributed by atoms with Gasteiger partial charge in [-0.1, -0.05) is 6.07 Å². The lowest BCUT2D eigenvalue weighted by molar-refractivity contribution is 0.280. The first-order chi connectivity index (χ1) is 9.15. The molecule has 0 fully saturated rings. The second-order valence-corrected chi connectivity index (χ2v) is 3.82. The number of aliphatic hydroxyl groups excluding tert-OH is 1. The second kappa shape index (κ2) is 5.62. The van der Waals surface area contributed by atoms with Gasteiger partial charge in [0.2, 0.25) is 5.82 Å². The maximum absolute atomic E-state index is 13.7. The van der Waals surface area contributed by atoms with Crippen LogP contribution in [-0.2, 0) is 6.61 Å². The monoisotopic (exact) mass is 264 g/mol. The molecular formula is C13H13FN2O3. The van der Waals surface area contributed by atoms with E-state index in [1.807, 2.05) is 0 Å². The Balaban J connectivity index is 2.35. The Kier molecular flexibility index (Phi) is 3.91. The summed E-state index contributed by atoms with van der Waals surface area (Å²) in [5.74, 6) is -0.0720. The van der Waals surface area contributed by atoms with Crippen molar-refractivity contribution < 1.29 is 19.0 Å². The predicted octanol–water partition coefficient (Wildman–Crippen LogP) is 2.22. The number of ether oxygens (including phenoxy) is 2. The number of hydrogen-bond acceptors (Lipinski definition) is 5. The minimum atomic E-state index is -0.615. The van der Waals surface area contributed by atoms with E-state index < -0.39 is 5.82 Å². The van der Waals surface area contributed by atoms with E-state index in [0.717, 1.165) is 0 Å². The summed E-state index contributed by atoms with van der Waals surface area (Å²) in [5, 5.41) is 9.04. The highest BCUT2D eigenvalue weighted by molar-refractivity contribution is 5.44. The maximum Gasteiger partial charge on any atom is 0.259 e. The molecule has 0 aliphatic rings. The molecule has 19 heavy (non-hydrogen) atoms. The highest BCUT2D eigenvalue weighted by atomic mass is 19.1. The van der Waals surface area contributed by atoms with E-state index in [0.29, 0.717) is 17.1 Å². The van der Waals surface area contributed by atoms with Crippen LogP contribution in [0.2, 0.25) is 0 Å². The molecule has 0 amide bonds. The van der Waals surface area contributed by atoms with E-state index in [4.69, 9.17) is 14.6 Å². The van der Waals surface area contributed by atoms with Crippen molar-refractivity contribution in [1.82, 2.24) is 9.97 Å². The predicted molar refractivity (Wildman–Crippen MR) is 65.7 cm³/mol. The SMILES string of the molecule is COc1cc(CO)ccc1Oc1ncnc(C)c1F. The van der Waals surface area contributed by atoms with Crippen LogP contribution in [0.3, 0.4) is 0 Å². The molecule has 100 valence electrons. The van der Waals surface area contributed by atoms with Crippen molar-refractivity contribution in [3.63, 3.8) is 0 Å². The number of benzene rings is 1. The molecule has 0 aliphatic carbocycles. The summed E-state index contributed by atoms with van der Waals surface area (Å²) in [5.41, 5.74) is 0.875. The summed E-state index contributed by atoms with van der Waals surface area (Å²) >= 11 is 0. The van der Waals surface area contributed by atoms with Gasteiger partial charge in [0, 0.05) is 0 Å². The van der Waals surface area contributed by atoms with Crippen molar-refractivity contribution in [2.24, 2.45) is 0 Å². The smallest absolute Gasteiger partial charge is 0.259 e. The minimum Gasteiger partial charge on any atom is -0.493 e. The van der Waals surface area contributed by atoms with Gasteiger partial charge in [0.05, 0.1) is 19.4 Å². The lowest BCUT2D eigenvalue weighted by atomic mass is 10.2. The summed E-state index contributed by atoms with van der Waals surface area (Å²) in [7, 11) is 1.46. The molecule has 2 aromatic rings. The number of rotatable bonds is 4. The van der Waals surface area contributed by atoms with E-state index in [1.54, 1.807) is 18.2 Å². The van der Waals surface area contributed by atoms with Crippen LogP contribution in [-0.4, -0.2) is 22.2 Å². The van der Waals surface area contributed by atoms with Crippen LogP contribution in [0.25, 0.3) is 0 Å². The van der Waals surface area contributed by atoms with Crippen LogP contribution in [0.15, 0.2) is 24.5 Å². The van der Waals surface area contributed by atoms with Crippen LogP contribution in [0.1, 0.15) is 11.3 Å². The molecule has 0 saturated carbocycles. The number of halogens is 1. The number of aromatic nitrogens is 2. The number of aliphatic hydroxyl groups is 1. The normalized spacial score (nSPS) is 10.3. The molecule has 5 nitrogen and oxygen atoms in total. The summed E-state index contributed by atoms with van der Waals surface area (Å²) < 4.78 is 24.2. The molecule has 1 N–H and O–H groups in total. The molecule has 0 unspecified atom stereocenters. The van der Waals surface area contributed by atoms with Crippen molar-refractivity contribution in [1.29, 1.82) is 0 Å². The Morgan fingerprint density at radius 1 is 1.26 bits per heavy atom. The topological polar surface area (TPSA) is 64.5 Å². The summed E-state index contributed by atoms with van der Waals surface area (Å²) in [4.78, 5) is 7.46. The Bertz CT molecular complexity index is 590. The Morgan fingerprint density at radius 3 is 2.74 bits per heavy atom. The van der Waals surface area contributed by atoms with Gasteiger partial charge >= 0.3 is 0 Å². The van der Waals surface area contributed by atoms with Crippen molar-refractivity contribution in [3.05, 3.63) is 41.6 Å². The van der Waals surface area contributed by atoms with Crippen molar-refractivity contribution in [2.75, 3.05) is 7.11 Å². The van der Waals surface area contributed by atoms with Crippen molar-refractivity contribution >= 4 is 0 Å². The summed E-state index contributed by atoms with van der Waals surface area (Å²) in [6.07, 6.45) is 1.22. The van der Waals surface area contributed by atoms with Gasteiger partial charge in [-0.2, -0.15) is 9.37 Å². The van der Waals surface area contributed by atoms with Crippen molar-refractivity contribution in [2.45, 2.75) is 13.5 Å². The van der Waals surface area contributed by atoms with Crippen LogP contribution >= 0.6 is 0 Å². The molecule has 0 atom stereocenters. The highest BCUT2D eigenvalue weighted by Gasteiger charge is 2.13. The molecule has 0 saturated heterocycles. The zero-order valence-electron chi connectivity index (χ0n) is 10.6. The Morgan fingerprint density at radius 2 is 2.05 bits per heavy atom. The van der Waals surface area contributed by atoms with Gasteiger partial charge < -0.3 is 14.6 Å². The third-order valence-corrected chi connectivity index (χ3v) is 2.55. The lowest BCUT2D eigenvalue weighted by Gasteiger charge is -2.11. The minimum absolute atomic E-state index is 0.113. The van der Waals surface area contributed by atoms with Gasteiger partial charge in [0.1, 0.15) is 6.33 Å². The van der Waals surface area contributed by atoms with Gasteiger partial charge in [-0.05, 0) is 24.6 Å². The molecule has 1 aromatic heterocycles. The first-order valence-electron chi connectivity index (χ1n) is 5.58. The van der Waals surface area contributed by atoms with Gasteiger partial charge in [-0.3, -0.25) is 0 Å². The fraction of sp³-hybridized carbons (Fsp3) is 0.231. The number of methoxy groups -OCH3 is 1.